The molecular weight excluding hydrogens is 401 g/mol. The number of nitrogens with one attached hydrogen (secondary N) is 1. The van der Waals surface area contributed by atoms with Crippen molar-refractivity contribution in [3.63, 3.8) is 0 Å². The number of thioether (sulfide) groups is 1. The Balaban J connectivity index is 1.52. The Labute approximate surface area is 170 Å². The summed E-state index contributed by atoms with van der Waals surface area (Å²) >= 11 is 1.40. The molecule has 29 heavy (non-hydrogen) atoms. The number of carbonyl (C=O) groups is 1. The fourth-order valence-electron chi connectivity index (χ4n) is 4.23. The molecule has 5 nitrogen and oxygen atoms in total. The molecule has 154 valence electrons. The van der Waals surface area contributed by atoms with Gasteiger partial charge in [-0.25, -0.2) is 4.98 Å². The lowest BCUT2D eigenvalue weighted by Gasteiger charge is -2.13. The maximum absolute atomic E-state index is 14.0. The van der Waals surface area contributed by atoms with Crippen LogP contribution in [0.1, 0.15) is 59.8 Å². The van der Waals surface area contributed by atoms with Gasteiger partial charge in [0.15, 0.2) is 0 Å². The van der Waals surface area contributed by atoms with Gasteiger partial charge in [0.25, 0.3) is 5.91 Å². The number of hydrogen-bond donors (Lipinski definition) is 1. The molecule has 3 aliphatic rings. The quantitative estimate of drug-likeness (QED) is 0.670. The number of pyridine rings is 1. The number of amides is 1. The van der Waals surface area contributed by atoms with Crippen LogP contribution in [0.3, 0.4) is 0 Å². The number of nitrogens with zero attached hydrogens (tertiary/aromatic N) is 3. The standard InChI is InChI=1S/C20H21F3N4OS/c1-29-14-8-13(4-7-24-14)25-18(28)17-15(20(21,22)23)16(11-2-3-11)26-27(17)10-12-9-19(12)5-6-19/h4,7-8,11-12H,2-3,5-6,9-10H2,1H3,(H,24,25,28). The molecule has 1 N–H and O–H groups in total. The average molecular weight is 422 g/mol. The van der Waals surface area contributed by atoms with Gasteiger partial charge in [0.05, 0.1) is 10.7 Å². The summed E-state index contributed by atoms with van der Waals surface area (Å²) in [4.78, 5) is 17.2. The summed E-state index contributed by atoms with van der Waals surface area (Å²) in [6.07, 6.45) is 3.43. The van der Waals surface area contributed by atoms with Crippen LogP contribution in [0.4, 0.5) is 18.9 Å². The van der Waals surface area contributed by atoms with Crippen molar-refractivity contribution in [3.8, 4) is 0 Å². The van der Waals surface area contributed by atoms with E-state index in [1.165, 1.54) is 22.6 Å². The maximum atomic E-state index is 14.0. The van der Waals surface area contributed by atoms with Crippen LogP contribution in [0.25, 0.3) is 0 Å². The zero-order valence-electron chi connectivity index (χ0n) is 15.9. The summed E-state index contributed by atoms with van der Waals surface area (Å²) < 4.78 is 43.3. The first-order valence-corrected chi connectivity index (χ1v) is 11.0. The average Bonchev–Trinajstić information content (AvgIpc) is 3.58. The van der Waals surface area contributed by atoms with Crippen LogP contribution >= 0.6 is 11.8 Å². The van der Waals surface area contributed by atoms with Crippen molar-refractivity contribution in [3.05, 3.63) is 35.3 Å². The Bertz CT molecular complexity index is 979. The Kier molecular flexibility index (Phi) is 4.24. The predicted molar refractivity (Wildman–Crippen MR) is 103 cm³/mol. The minimum Gasteiger partial charge on any atom is -0.321 e. The molecule has 0 saturated heterocycles. The molecule has 2 heterocycles. The first-order chi connectivity index (χ1) is 13.8. The second-order valence-electron chi connectivity index (χ2n) is 8.37. The molecule has 0 bridgehead atoms. The third-order valence-electron chi connectivity index (χ3n) is 6.29. The number of anilines is 1. The molecule has 3 fully saturated rings. The van der Waals surface area contributed by atoms with Gasteiger partial charge in [-0.2, -0.15) is 18.3 Å². The van der Waals surface area contributed by atoms with E-state index < -0.39 is 17.6 Å². The van der Waals surface area contributed by atoms with E-state index in [1.807, 2.05) is 6.26 Å². The molecule has 2 aromatic heterocycles. The van der Waals surface area contributed by atoms with Crippen LogP contribution in [0.5, 0.6) is 0 Å². The van der Waals surface area contributed by atoms with E-state index >= 15 is 0 Å². The highest BCUT2D eigenvalue weighted by molar-refractivity contribution is 7.98. The molecule has 1 amide bonds. The van der Waals surface area contributed by atoms with Crippen molar-refractivity contribution < 1.29 is 18.0 Å². The Hall–Kier alpha value is -2.03. The topological polar surface area (TPSA) is 59.8 Å². The van der Waals surface area contributed by atoms with E-state index in [0.29, 0.717) is 41.4 Å². The van der Waals surface area contributed by atoms with Crippen molar-refractivity contribution in [1.82, 2.24) is 14.8 Å². The third-order valence-corrected chi connectivity index (χ3v) is 6.93. The highest BCUT2D eigenvalue weighted by Crippen LogP contribution is 2.71. The third kappa shape index (κ3) is 3.53. The van der Waals surface area contributed by atoms with Crippen LogP contribution in [-0.4, -0.2) is 26.9 Å². The van der Waals surface area contributed by atoms with E-state index in [4.69, 9.17) is 0 Å². The minimum atomic E-state index is -4.62. The molecule has 1 spiro atoms. The highest BCUT2D eigenvalue weighted by atomic mass is 32.2. The number of aromatic nitrogens is 3. The molecule has 5 rings (SSSR count). The van der Waals surface area contributed by atoms with Crippen molar-refractivity contribution in [2.45, 2.75) is 55.8 Å². The van der Waals surface area contributed by atoms with Gasteiger partial charge in [-0.1, -0.05) is 0 Å². The van der Waals surface area contributed by atoms with Crippen molar-refractivity contribution in [2.75, 3.05) is 11.6 Å². The number of halogens is 3. The van der Waals surface area contributed by atoms with Crippen LogP contribution in [0.15, 0.2) is 23.4 Å². The number of hydrogen-bond acceptors (Lipinski definition) is 4. The van der Waals surface area contributed by atoms with Gasteiger partial charge in [-0.05, 0) is 61.8 Å². The van der Waals surface area contributed by atoms with E-state index in [2.05, 4.69) is 15.4 Å². The fourth-order valence-corrected chi connectivity index (χ4v) is 4.64. The van der Waals surface area contributed by atoms with Crippen LogP contribution < -0.4 is 5.32 Å². The lowest BCUT2D eigenvalue weighted by molar-refractivity contribution is -0.138. The zero-order valence-corrected chi connectivity index (χ0v) is 16.7. The van der Waals surface area contributed by atoms with Gasteiger partial charge in [0.2, 0.25) is 0 Å². The summed E-state index contributed by atoms with van der Waals surface area (Å²) in [5.74, 6) is -0.635. The van der Waals surface area contributed by atoms with Gasteiger partial charge in [0.1, 0.15) is 11.3 Å². The molecule has 1 atom stereocenters. The van der Waals surface area contributed by atoms with Gasteiger partial charge in [0, 0.05) is 24.3 Å². The second kappa shape index (κ2) is 6.48. The zero-order chi connectivity index (χ0) is 20.4. The largest absolute Gasteiger partial charge is 0.420 e. The van der Waals surface area contributed by atoms with E-state index in [-0.39, 0.29) is 17.3 Å². The van der Waals surface area contributed by atoms with Gasteiger partial charge >= 0.3 is 6.18 Å². The minimum absolute atomic E-state index is 0.0349. The summed E-state index contributed by atoms with van der Waals surface area (Å²) in [6.45, 7) is 0.380. The fraction of sp³-hybridized carbons (Fsp3) is 0.550. The first-order valence-electron chi connectivity index (χ1n) is 9.80. The number of alkyl halides is 3. The molecular formula is C20H21F3N4OS. The number of carbonyl (C=O) groups excluding carboxylic acids is 1. The molecule has 3 aliphatic carbocycles. The summed E-state index contributed by atoms with van der Waals surface area (Å²) in [7, 11) is 0. The van der Waals surface area contributed by atoms with Crippen LogP contribution in [0, 0.1) is 11.3 Å². The number of rotatable bonds is 6. The molecule has 0 aromatic carbocycles. The van der Waals surface area contributed by atoms with E-state index in [1.54, 1.807) is 12.1 Å². The molecule has 1 unspecified atom stereocenters. The second-order valence-corrected chi connectivity index (χ2v) is 9.19. The van der Waals surface area contributed by atoms with E-state index in [0.717, 1.165) is 19.3 Å². The van der Waals surface area contributed by atoms with Gasteiger partial charge < -0.3 is 5.32 Å². The molecule has 2 aromatic rings. The van der Waals surface area contributed by atoms with Crippen molar-refractivity contribution in [1.29, 1.82) is 0 Å². The van der Waals surface area contributed by atoms with Gasteiger partial charge in [-0.15, -0.1) is 11.8 Å². The normalized spacial score (nSPS) is 22.0. The summed E-state index contributed by atoms with van der Waals surface area (Å²) in [6, 6.07) is 3.23. The Morgan fingerprint density at radius 2 is 2.14 bits per heavy atom. The monoisotopic (exact) mass is 422 g/mol. The summed E-state index contributed by atoms with van der Waals surface area (Å²) in [5.41, 5.74) is -0.441. The first kappa shape index (κ1) is 19.0. The predicted octanol–water partition coefficient (Wildman–Crippen LogP) is 4.95. The van der Waals surface area contributed by atoms with Gasteiger partial charge in [-0.3, -0.25) is 9.48 Å². The lowest BCUT2D eigenvalue weighted by Crippen LogP contribution is -2.23. The van der Waals surface area contributed by atoms with Crippen molar-refractivity contribution in [2.24, 2.45) is 11.3 Å². The Morgan fingerprint density at radius 3 is 2.72 bits per heavy atom. The molecule has 9 heteroatoms. The van der Waals surface area contributed by atoms with E-state index in [9.17, 15) is 18.0 Å². The van der Waals surface area contributed by atoms with Crippen LogP contribution in [0.2, 0.25) is 0 Å². The highest BCUT2D eigenvalue weighted by Gasteiger charge is 2.62. The molecule has 3 saturated carbocycles. The smallest absolute Gasteiger partial charge is 0.321 e. The maximum Gasteiger partial charge on any atom is 0.420 e. The van der Waals surface area contributed by atoms with Crippen molar-refractivity contribution >= 4 is 23.4 Å². The lowest BCUT2D eigenvalue weighted by atomic mass is 10.1. The molecule has 0 aliphatic heterocycles. The summed E-state index contributed by atoms with van der Waals surface area (Å²) in [5, 5.41) is 7.64. The van der Waals surface area contributed by atoms with Crippen LogP contribution in [-0.2, 0) is 12.7 Å². The molecule has 0 radical (unpaired) electrons. The Morgan fingerprint density at radius 1 is 1.38 bits per heavy atom. The SMILES string of the molecule is CSc1cc(NC(=O)c2c(C(F)(F)F)c(C3CC3)nn2CC2CC23CC3)ccn1.